The number of aliphatic hydroxyl groups excluding tert-OH is 1. The van der Waals surface area contributed by atoms with E-state index in [1.807, 2.05) is 84.9 Å². The highest BCUT2D eigenvalue weighted by Gasteiger charge is 2.73. The van der Waals surface area contributed by atoms with Gasteiger partial charge in [0.05, 0.1) is 30.6 Å². The molecule has 3 aromatic rings. The molecular formula is C36H35N3O7. The first kappa shape index (κ1) is 29.9. The average molecular weight is 622 g/mol. The number of carbonyl (C=O) groups is 4. The van der Waals surface area contributed by atoms with E-state index < -0.39 is 53.4 Å². The molecule has 46 heavy (non-hydrogen) atoms. The highest BCUT2D eigenvalue weighted by atomic mass is 16.5. The highest BCUT2D eigenvalue weighted by Crippen LogP contribution is 2.55. The van der Waals surface area contributed by atoms with Gasteiger partial charge in [-0.25, -0.2) is 0 Å². The van der Waals surface area contributed by atoms with E-state index in [1.54, 1.807) is 17.1 Å². The molecule has 5 bridgehead atoms. The van der Waals surface area contributed by atoms with Gasteiger partial charge in [-0.1, -0.05) is 85.0 Å². The number of ether oxygens (including phenoxy) is 2. The van der Waals surface area contributed by atoms with Gasteiger partial charge in [-0.3, -0.25) is 19.2 Å². The Morgan fingerprint density at radius 3 is 2.50 bits per heavy atom. The maximum atomic E-state index is 14.8. The number of hydrogen-bond donors (Lipinski definition) is 2. The molecule has 1 spiro atoms. The van der Waals surface area contributed by atoms with Crippen molar-refractivity contribution in [3.05, 3.63) is 103 Å². The van der Waals surface area contributed by atoms with Crippen molar-refractivity contribution in [3.8, 4) is 0 Å². The number of nitrogens with one attached hydrogen (secondary N) is 1. The molecule has 2 N–H and O–H groups in total. The molecule has 7 rings (SSSR count). The third-order valence-corrected chi connectivity index (χ3v) is 9.46. The Morgan fingerprint density at radius 1 is 0.913 bits per heavy atom. The predicted octanol–water partition coefficient (Wildman–Crippen LogP) is 3.07. The summed E-state index contributed by atoms with van der Waals surface area (Å²) in [7, 11) is 0. The molecule has 4 heterocycles. The average Bonchev–Trinajstić information content (AvgIpc) is 3.72. The SMILES string of the molecule is O=C1CC/C=C\CN(c2ccc3ccccc3c2)C(=O)[C@@H]2N(CCO)C(=O)[C@H]3[C@H](C(=O)N[C@H](c4ccccc4)CO1)[C@@H]1C=C[C@]23O1. The molecule has 10 heteroatoms. The fraction of sp³-hybridized carbons (Fsp3) is 0.333. The van der Waals surface area contributed by atoms with Crippen LogP contribution in [-0.4, -0.2) is 77.7 Å². The van der Waals surface area contributed by atoms with Gasteiger partial charge in [-0.05, 0) is 34.9 Å². The van der Waals surface area contributed by atoms with Crippen molar-refractivity contribution in [3.63, 3.8) is 0 Å². The summed E-state index contributed by atoms with van der Waals surface area (Å²) < 4.78 is 12.1. The van der Waals surface area contributed by atoms with Crippen molar-refractivity contribution in [2.75, 3.05) is 31.2 Å². The second-order valence-electron chi connectivity index (χ2n) is 12.1. The second kappa shape index (κ2) is 12.2. The van der Waals surface area contributed by atoms with Crippen molar-refractivity contribution in [1.82, 2.24) is 10.2 Å². The molecule has 236 valence electrons. The van der Waals surface area contributed by atoms with Crippen LogP contribution >= 0.6 is 0 Å². The monoisotopic (exact) mass is 621 g/mol. The summed E-state index contributed by atoms with van der Waals surface area (Å²) in [6, 6.07) is 21.0. The summed E-state index contributed by atoms with van der Waals surface area (Å²) in [5.41, 5.74) is -0.0229. The van der Waals surface area contributed by atoms with Gasteiger partial charge in [0.25, 0.3) is 5.91 Å². The fourth-order valence-electron chi connectivity index (χ4n) is 7.33. The number of hydrogen-bond acceptors (Lipinski definition) is 7. The van der Waals surface area contributed by atoms with E-state index in [2.05, 4.69) is 5.32 Å². The van der Waals surface area contributed by atoms with E-state index in [4.69, 9.17) is 9.47 Å². The van der Waals surface area contributed by atoms with Crippen LogP contribution in [0.4, 0.5) is 5.69 Å². The Balaban J connectivity index is 1.31. The molecule has 4 aliphatic heterocycles. The fourth-order valence-corrected chi connectivity index (χ4v) is 7.33. The first-order valence-corrected chi connectivity index (χ1v) is 15.7. The van der Waals surface area contributed by atoms with Gasteiger partial charge in [0.1, 0.15) is 18.2 Å². The number of benzene rings is 3. The number of nitrogens with zero attached hydrogens (tertiary/aromatic N) is 2. The number of likely N-dealkylation sites (tertiary alicyclic amines) is 1. The molecule has 6 atom stereocenters. The lowest BCUT2D eigenvalue weighted by Gasteiger charge is -2.35. The number of anilines is 1. The standard InChI is InChI=1S/C36H35N3O7/c40-20-19-39-32-35(44)38(26-15-14-23-9-6-7-12-25(23)21-26)18-8-2-5-13-29(41)45-22-27(24-10-3-1-4-11-24)37-33(42)30-28-16-17-36(32,46-28)31(30)34(39)43/h1-4,6-12,14-17,21,27-28,30-32,40H,5,13,18-20,22H2,(H,37,42)/b8-2-/t27-,28-,30+,31+,32-,36+/m0/s1. The van der Waals surface area contributed by atoms with Crippen molar-refractivity contribution < 1.29 is 33.8 Å². The van der Waals surface area contributed by atoms with Crippen LogP contribution in [-0.2, 0) is 28.7 Å². The summed E-state index contributed by atoms with van der Waals surface area (Å²) >= 11 is 0. The van der Waals surface area contributed by atoms with E-state index in [1.165, 1.54) is 4.90 Å². The van der Waals surface area contributed by atoms with Crippen molar-refractivity contribution >= 4 is 40.2 Å². The maximum Gasteiger partial charge on any atom is 0.306 e. The first-order chi connectivity index (χ1) is 22.4. The molecule has 0 radical (unpaired) electrons. The Hall–Kier alpha value is -4.80. The molecule has 2 fully saturated rings. The molecule has 3 amide bonds. The molecular weight excluding hydrogens is 586 g/mol. The summed E-state index contributed by atoms with van der Waals surface area (Å²) in [5.74, 6) is -3.56. The zero-order chi connectivity index (χ0) is 31.8. The van der Waals surface area contributed by atoms with Gasteiger partial charge < -0.3 is 29.7 Å². The van der Waals surface area contributed by atoms with Gasteiger partial charge in [-0.15, -0.1) is 0 Å². The minimum absolute atomic E-state index is 0.0797. The first-order valence-electron chi connectivity index (χ1n) is 15.7. The van der Waals surface area contributed by atoms with Gasteiger partial charge in [0.2, 0.25) is 11.8 Å². The predicted molar refractivity (Wildman–Crippen MR) is 169 cm³/mol. The number of β-amino-alcohol motifs (C(OH)–C–C–N with tert-alkyl or cyclic N) is 1. The van der Waals surface area contributed by atoms with Crippen molar-refractivity contribution in [2.45, 2.75) is 36.6 Å². The van der Waals surface area contributed by atoms with Gasteiger partial charge in [0, 0.05) is 25.2 Å². The lowest BCUT2D eigenvalue weighted by molar-refractivity contribution is -0.145. The Kier molecular flexibility index (Phi) is 7.92. The zero-order valence-corrected chi connectivity index (χ0v) is 25.2. The third-order valence-electron chi connectivity index (χ3n) is 9.46. The molecule has 2 saturated heterocycles. The zero-order valence-electron chi connectivity index (χ0n) is 25.2. The summed E-state index contributed by atoms with van der Waals surface area (Å²) in [4.78, 5) is 58.7. The van der Waals surface area contributed by atoms with Crippen LogP contribution in [0.15, 0.2) is 97.1 Å². The number of aliphatic hydroxyl groups is 1. The van der Waals surface area contributed by atoms with E-state index in [-0.39, 0.29) is 38.6 Å². The minimum atomic E-state index is -1.39. The number of cyclic esters (lactones) is 1. The molecule has 0 unspecified atom stereocenters. The lowest BCUT2D eigenvalue weighted by Crippen LogP contribution is -2.56. The maximum absolute atomic E-state index is 14.8. The minimum Gasteiger partial charge on any atom is -0.463 e. The van der Waals surface area contributed by atoms with Crippen LogP contribution in [0, 0.1) is 11.8 Å². The summed E-state index contributed by atoms with van der Waals surface area (Å²) in [6.45, 7) is -0.366. The number of rotatable bonds is 4. The molecule has 4 aliphatic rings. The smallest absolute Gasteiger partial charge is 0.306 e. The Bertz CT molecular complexity index is 1740. The second-order valence-corrected chi connectivity index (χ2v) is 12.1. The van der Waals surface area contributed by atoms with E-state index in [0.717, 1.165) is 16.3 Å². The van der Waals surface area contributed by atoms with Crippen molar-refractivity contribution in [1.29, 1.82) is 0 Å². The van der Waals surface area contributed by atoms with Crippen LogP contribution in [0.2, 0.25) is 0 Å². The number of fused-ring (bicyclic) bond motifs is 3. The van der Waals surface area contributed by atoms with Crippen LogP contribution in [0.5, 0.6) is 0 Å². The third kappa shape index (κ3) is 5.07. The molecule has 10 nitrogen and oxygen atoms in total. The van der Waals surface area contributed by atoms with Crippen molar-refractivity contribution in [2.24, 2.45) is 11.8 Å². The Labute approximate surface area is 266 Å². The molecule has 3 aromatic carbocycles. The lowest BCUT2D eigenvalue weighted by atomic mass is 9.74. The normalized spacial score (nSPS) is 30.4. The number of esters is 1. The van der Waals surface area contributed by atoms with E-state index in [9.17, 15) is 24.3 Å². The van der Waals surface area contributed by atoms with E-state index in [0.29, 0.717) is 12.1 Å². The quantitative estimate of drug-likeness (QED) is 0.339. The van der Waals surface area contributed by atoms with Crippen LogP contribution in [0.3, 0.4) is 0 Å². The van der Waals surface area contributed by atoms with Gasteiger partial charge in [0.15, 0.2) is 0 Å². The summed E-state index contributed by atoms with van der Waals surface area (Å²) in [5, 5.41) is 15.0. The van der Waals surface area contributed by atoms with Crippen LogP contribution in [0.25, 0.3) is 10.8 Å². The molecule has 0 aromatic heterocycles. The topological polar surface area (TPSA) is 125 Å². The van der Waals surface area contributed by atoms with Gasteiger partial charge >= 0.3 is 5.97 Å². The number of allylic oxidation sites excluding steroid dienone is 1. The largest absolute Gasteiger partial charge is 0.463 e. The molecule has 0 saturated carbocycles. The molecule has 0 aliphatic carbocycles. The number of carbonyl (C=O) groups excluding carboxylic acids is 4. The number of amides is 3. The summed E-state index contributed by atoms with van der Waals surface area (Å²) in [6.07, 6.45) is 6.95. The Morgan fingerprint density at radius 2 is 1.70 bits per heavy atom. The van der Waals surface area contributed by atoms with Crippen LogP contribution < -0.4 is 10.2 Å². The highest BCUT2D eigenvalue weighted by molar-refractivity contribution is 6.06. The van der Waals surface area contributed by atoms with Gasteiger partial charge in [-0.2, -0.15) is 0 Å². The van der Waals surface area contributed by atoms with Crippen LogP contribution in [0.1, 0.15) is 24.4 Å². The van der Waals surface area contributed by atoms with E-state index >= 15 is 0 Å².